The van der Waals surface area contributed by atoms with Crippen LogP contribution in [-0.2, 0) is 93.1 Å². The molecule has 5 fully saturated rings. The number of allylic oxidation sites excluding steroid dienone is 2. The number of likely N-dealkylation sites (N-methyl/N-ethyl adjacent to an activating group) is 4. The highest BCUT2D eigenvalue weighted by molar-refractivity contribution is 7.89. The van der Waals surface area contributed by atoms with Crippen LogP contribution in [0.3, 0.4) is 0 Å². The standard InChI is InChI=1S/C32H59N5O6.C24H36N4O5.C17H27NO5.C15H25NO3.C10H19NO3S.CH4/c1-14-16-17-22(9)27(38)26(29(40)34-23(15-2)28(39)33-10)37(13)32(43)25(20(5)6)36(12)31(42)24(18-19(3)4)35(11)30(41)21(7)8;1-14(2)21(26-22(31)15(3)4)23(32)25-20(13-17-8-6-9-18(30)12-17)24(33)28-11-7-10-19(27-28)16(5)29;1-10(2)14-8-7-11(3)15(20)17(22,23-14)16(21)18-9-5-6-13(18)12(4)19;1-10(2)15(4,5)13(18)14(19)16-9-7-6-8-12(16)11(3)17;1-8(2)15(13,14)11-7-5-4-6-10(11)9(3)12;/h14,16,19-27,38H,15,17-18H2,1-13H3,(H,33,39)(H,34,40);6,8-9,12,14-15,19-21,27,29-30H,5,7,10-11,13H2,1-4H3,(H,25,32)(H,26,31);10-11,13-14,22H,5-9H2,1-4H3;10,12H,6-9H2,1-5H3;8,10H,4-7H2,1-3H3;1H4/b16-14+;;;;;/t22-,23?,24+,25+,26+,27-;19?,20-,21-;11-,13+,14?,17?;12-;10-;/m10100./s1. The van der Waals surface area contributed by atoms with E-state index in [1.165, 1.54) is 80.8 Å². The maximum Gasteiger partial charge on any atom is 0.309 e. The van der Waals surface area contributed by atoms with E-state index in [0.717, 1.165) is 25.7 Å². The first kappa shape index (κ1) is 123. The Hall–Kier alpha value is -8.90. The topological polar surface area (TPSA) is 463 Å². The Morgan fingerprint density at radius 3 is 1.66 bits per heavy atom. The molecule has 0 aromatic heterocycles. The number of Topliss-reactive ketones (excluding diaryl/α,β-unsaturated/α-hetero) is 5. The second kappa shape index (κ2) is 56.7. The zero-order valence-corrected chi connectivity index (χ0v) is 86.0. The van der Waals surface area contributed by atoms with Crippen molar-refractivity contribution < 1.29 is 105 Å². The highest BCUT2D eigenvalue weighted by Gasteiger charge is 2.55. The first-order valence-electron chi connectivity index (χ1n) is 47.7. The Morgan fingerprint density at radius 2 is 1.18 bits per heavy atom. The first-order chi connectivity index (χ1) is 61.6. The second-order valence-electron chi connectivity index (χ2n) is 39.6. The lowest BCUT2D eigenvalue weighted by Gasteiger charge is -2.41. The molecule has 9 N–H and O–H groups in total. The molecule has 0 spiro atoms. The van der Waals surface area contributed by atoms with Crippen LogP contribution in [0.2, 0.25) is 0 Å². The summed E-state index contributed by atoms with van der Waals surface area (Å²) in [5.41, 5.74) is 2.95. The number of carbonyl (C=O) groups is 15. The molecular weight excluding hydrogens is 1740 g/mol. The van der Waals surface area contributed by atoms with Crippen LogP contribution in [0, 0.1) is 58.7 Å². The highest BCUT2D eigenvalue weighted by Crippen LogP contribution is 2.35. The van der Waals surface area contributed by atoms with E-state index in [1.54, 1.807) is 116 Å². The summed E-state index contributed by atoms with van der Waals surface area (Å²) in [5, 5.41) is 53.6. The van der Waals surface area contributed by atoms with Gasteiger partial charge in [0.15, 0.2) is 11.6 Å². The summed E-state index contributed by atoms with van der Waals surface area (Å²) in [6.45, 7) is 49.7. The molecule has 134 heavy (non-hydrogen) atoms. The summed E-state index contributed by atoms with van der Waals surface area (Å²) >= 11 is 0. The van der Waals surface area contributed by atoms with E-state index in [-0.39, 0.29) is 126 Å². The van der Waals surface area contributed by atoms with Gasteiger partial charge in [-0.1, -0.05) is 176 Å². The van der Waals surface area contributed by atoms with Gasteiger partial charge in [-0.15, -0.1) is 0 Å². The normalized spacial score (nSPS) is 21.3. The van der Waals surface area contributed by atoms with Crippen LogP contribution in [0.4, 0.5) is 0 Å². The molecule has 0 saturated carbocycles. The molecule has 15 atom stereocenters. The van der Waals surface area contributed by atoms with Gasteiger partial charge in [0.1, 0.15) is 53.5 Å². The number of benzene rings is 1. The van der Waals surface area contributed by atoms with Gasteiger partial charge in [-0.25, -0.2) is 13.8 Å². The number of phenols is 1. The number of phenolic OH excluding ortho intramolecular Hbond substituents is 1. The van der Waals surface area contributed by atoms with Crippen molar-refractivity contribution in [3.8, 4) is 5.75 Å². The van der Waals surface area contributed by atoms with Crippen molar-refractivity contribution >= 4 is 98.0 Å². The van der Waals surface area contributed by atoms with Gasteiger partial charge in [0.25, 0.3) is 17.7 Å². The van der Waals surface area contributed by atoms with E-state index < -0.39 is 140 Å². The molecule has 5 heterocycles. The Kier molecular flexibility index (Phi) is 52.1. The number of hydrogen-bond acceptors (Lipinski definition) is 23. The van der Waals surface area contributed by atoms with Gasteiger partial charge in [0.2, 0.25) is 62.9 Å². The van der Waals surface area contributed by atoms with Crippen molar-refractivity contribution in [1.29, 1.82) is 0 Å². The fraction of sp³-hybridized carbons (Fsp3) is 0.747. The molecule has 5 saturated heterocycles. The zero-order chi connectivity index (χ0) is 102. The number of carbonyl (C=O) groups excluding carboxylic acids is 15. The molecule has 0 aliphatic carbocycles. The lowest BCUT2D eigenvalue weighted by Crippen LogP contribution is -2.63. The summed E-state index contributed by atoms with van der Waals surface area (Å²) in [6.07, 6.45) is 12.1. The van der Waals surface area contributed by atoms with E-state index in [9.17, 15) is 101 Å². The molecule has 4 unspecified atom stereocenters. The van der Waals surface area contributed by atoms with Gasteiger partial charge < -0.3 is 70.9 Å². The predicted molar refractivity (Wildman–Crippen MR) is 518 cm³/mol. The fourth-order valence-corrected chi connectivity index (χ4v) is 18.0. The van der Waals surface area contributed by atoms with E-state index in [0.29, 0.717) is 102 Å². The number of ketones is 5. The molecule has 34 nitrogen and oxygen atoms in total. The average molecular weight is 1910 g/mol. The third-order valence-electron chi connectivity index (χ3n) is 25.8. The van der Waals surface area contributed by atoms with Gasteiger partial charge in [0, 0.05) is 84.0 Å². The summed E-state index contributed by atoms with van der Waals surface area (Å²) in [6, 6.07) is -1.06. The van der Waals surface area contributed by atoms with Crippen LogP contribution < -0.4 is 26.7 Å². The minimum absolute atomic E-state index is 0. The number of ether oxygens (including phenoxy) is 1. The first-order valence-corrected chi connectivity index (χ1v) is 49.2. The number of aliphatic hydroxyl groups excluding tert-OH is 2. The van der Waals surface area contributed by atoms with Crippen LogP contribution in [0.25, 0.3) is 0 Å². The number of aliphatic hydroxyl groups is 3. The minimum Gasteiger partial charge on any atom is -0.511 e. The fourth-order valence-electron chi connectivity index (χ4n) is 16.4. The van der Waals surface area contributed by atoms with Crippen molar-refractivity contribution in [2.45, 2.75) is 367 Å². The maximum absolute atomic E-state index is 14.2. The van der Waals surface area contributed by atoms with Gasteiger partial charge >= 0.3 is 5.79 Å². The number of hydrazine groups is 1. The molecule has 5 aliphatic rings. The average Bonchev–Trinajstić information content (AvgIpc) is 1.60. The number of hydrogen-bond donors (Lipinski definition) is 9. The van der Waals surface area contributed by atoms with Crippen LogP contribution in [-0.4, -0.2) is 289 Å². The zero-order valence-electron chi connectivity index (χ0n) is 85.2. The maximum atomic E-state index is 14.2. The molecule has 35 heteroatoms. The molecule has 1 aromatic carbocycles. The Bertz CT molecular complexity index is 4240. The number of nitrogens with one attached hydrogen (secondary N) is 5. The van der Waals surface area contributed by atoms with Gasteiger partial charge in [0.05, 0.1) is 41.6 Å². The van der Waals surface area contributed by atoms with Crippen LogP contribution in [0.5, 0.6) is 5.75 Å². The molecule has 1 aromatic rings. The van der Waals surface area contributed by atoms with Crippen LogP contribution >= 0.6 is 0 Å². The number of sulfonamides is 1. The van der Waals surface area contributed by atoms with Crippen molar-refractivity contribution in [3.63, 3.8) is 0 Å². The lowest BCUT2D eigenvalue weighted by molar-refractivity contribution is -0.231. The molecular formula is C99H170N12O22S. The number of piperidine rings is 2. The summed E-state index contributed by atoms with van der Waals surface area (Å²) < 4.78 is 31.0. The minimum atomic E-state index is -3.28. The highest BCUT2D eigenvalue weighted by atomic mass is 32.2. The van der Waals surface area contributed by atoms with Crippen molar-refractivity contribution in [1.82, 2.24) is 60.5 Å². The monoisotopic (exact) mass is 1910 g/mol. The van der Waals surface area contributed by atoms with Gasteiger partial charge in [-0.05, 0) is 185 Å². The number of rotatable bonds is 36. The smallest absolute Gasteiger partial charge is 0.309 e. The Balaban J connectivity index is 0.000000875. The van der Waals surface area contributed by atoms with Gasteiger partial charge in [-0.3, -0.25) is 76.9 Å². The molecule has 10 amide bonds. The quantitative estimate of drug-likeness (QED) is 0.0131. The van der Waals surface area contributed by atoms with Gasteiger partial charge in [-0.2, -0.15) is 4.31 Å². The molecule has 6 rings (SSSR count). The van der Waals surface area contributed by atoms with E-state index in [4.69, 9.17) is 4.74 Å². The molecule has 0 bridgehead atoms. The SMILES string of the molecule is C.C/C=C/C[C@@H](C)[C@@H](O)[C@@H](C(=O)NC(CC)C(=O)NC)N(C)C(=O)[C@H](C(C)C)N(C)C(=O)[C@H](CC(C)C)N(C)C(=O)C(C)C.C=C(O)C1CCCN(C(=O)[C@H](Cc2cccc(O)c2)NC(=O)[C@@H](NC(=O)C(C)C)C(C)C)N1.CC(=O)[C@@H]1CCCCN1C(=O)C(=O)C(C)(C)C(C)C.CC(=O)[C@@H]1CCCCN1S(=O)(=O)C(C)C.CC(=O)[C@@H]1CCCN1C(=O)C1(O)OC(C(C)C)CC[C@@H](C)C1=O. The van der Waals surface area contributed by atoms with Crippen LogP contribution in [0.15, 0.2) is 48.8 Å². The lowest BCUT2D eigenvalue weighted by atomic mass is 9.76. The number of likely N-dealkylation sites (tertiary alicyclic amines) is 2. The third kappa shape index (κ3) is 35.0. The van der Waals surface area contributed by atoms with E-state index in [2.05, 4.69) is 33.3 Å². The summed E-state index contributed by atoms with van der Waals surface area (Å²) in [7, 11) is 2.78. The van der Waals surface area contributed by atoms with E-state index >= 15 is 0 Å². The predicted octanol–water partition coefficient (Wildman–Crippen LogP) is 9.52. The van der Waals surface area contributed by atoms with Crippen molar-refractivity contribution in [3.05, 3.63) is 54.3 Å². The number of amides is 10. The largest absolute Gasteiger partial charge is 0.511 e. The van der Waals surface area contributed by atoms with Crippen molar-refractivity contribution in [2.24, 2.45) is 58.7 Å². The molecule has 764 valence electrons. The number of aromatic hydroxyl groups is 1. The number of nitrogens with zero attached hydrogens (tertiary/aromatic N) is 7. The molecule has 5 aliphatic heterocycles. The van der Waals surface area contributed by atoms with E-state index in [1.807, 2.05) is 74.5 Å². The summed E-state index contributed by atoms with van der Waals surface area (Å²) in [5.74, 6) is -9.85. The Morgan fingerprint density at radius 1 is 0.649 bits per heavy atom. The Labute approximate surface area is 800 Å². The summed E-state index contributed by atoms with van der Waals surface area (Å²) in [4.78, 5) is 198. The second-order valence-corrected chi connectivity index (χ2v) is 42.0. The third-order valence-corrected chi connectivity index (χ3v) is 28.1. The molecule has 0 radical (unpaired) electrons. The van der Waals surface area contributed by atoms with Crippen LogP contribution in [0.1, 0.15) is 282 Å². The van der Waals surface area contributed by atoms with Crippen molar-refractivity contribution in [2.75, 3.05) is 54.4 Å².